The molecule has 0 amide bonds. The Hall–Kier alpha value is -0.0800. The van der Waals surface area contributed by atoms with Gasteiger partial charge in [-0.15, -0.1) is 0 Å². The molecule has 2 heteroatoms. The van der Waals surface area contributed by atoms with Crippen LogP contribution in [0.15, 0.2) is 0 Å². The topological polar surface area (TPSA) is 15.3 Å². The van der Waals surface area contributed by atoms with Crippen molar-refractivity contribution in [2.75, 3.05) is 19.6 Å². The van der Waals surface area contributed by atoms with Crippen molar-refractivity contribution in [2.24, 2.45) is 5.92 Å². The second-order valence-corrected chi connectivity index (χ2v) is 6.47. The van der Waals surface area contributed by atoms with E-state index in [0.717, 1.165) is 18.0 Å². The van der Waals surface area contributed by atoms with Gasteiger partial charge >= 0.3 is 0 Å². The third kappa shape index (κ3) is 3.03. The highest BCUT2D eigenvalue weighted by molar-refractivity contribution is 4.91. The number of nitrogens with one attached hydrogen (secondary N) is 1. The van der Waals surface area contributed by atoms with Crippen molar-refractivity contribution in [1.29, 1.82) is 0 Å². The third-order valence-electron chi connectivity index (χ3n) is 5.18. The summed E-state index contributed by atoms with van der Waals surface area (Å²) in [6, 6.07) is 1.81. The van der Waals surface area contributed by atoms with Crippen molar-refractivity contribution < 1.29 is 0 Å². The monoisotopic (exact) mass is 236 g/mol. The minimum Gasteiger partial charge on any atom is -0.314 e. The second kappa shape index (κ2) is 5.71. The molecule has 2 unspecified atom stereocenters. The van der Waals surface area contributed by atoms with Gasteiger partial charge < -0.3 is 10.2 Å². The van der Waals surface area contributed by atoms with Crippen molar-refractivity contribution >= 4 is 0 Å². The average Bonchev–Trinajstić information content (AvgIpc) is 2.98. The number of piperidine rings is 1. The zero-order chi connectivity index (χ0) is 11.5. The molecule has 17 heavy (non-hydrogen) atoms. The van der Waals surface area contributed by atoms with E-state index in [2.05, 4.69) is 10.2 Å². The zero-order valence-electron chi connectivity index (χ0n) is 11.2. The van der Waals surface area contributed by atoms with Crippen LogP contribution in [0.2, 0.25) is 0 Å². The molecule has 2 saturated carbocycles. The Labute approximate surface area is 106 Å². The average molecular weight is 236 g/mol. The maximum atomic E-state index is 3.76. The number of rotatable bonds is 5. The fraction of sp³-hybridized carbons (Fsp3) is 1.00. The van der Waals surface area contributed by atoms with Crippen LogP contribution in [-0.2, 0) is 0 Å². The molecule has 2 bridgehead atoms. The van der Waals surface area contributed by atoms with Gasteiger partial charge in [0.1, 0.15) is 0 Å². The maximum absolute atomic E-state index is 3.76. The van der Waals surface area contributed by atoms with Gasteiger partial charge in [-0.3, -0.25) is 0 Å². The number of nitrogens with zero attached hydrogens (tertiary/aromatic N) is 1. The van der Waals surface area contributed by atoms with Crippen LogP contribution in [0.5, 0.6) is 0 Å². The highest BCUT2D eigenvalue weighted by atomic mass is 15.2. The van der Waals surface area contributed by atoms with E-state index in [-0.39, 0.29) is 0 Å². The quantitative estimate of drug-likeness (QED) is 0.738. The van der Waals surface area contributed by atoms with Crippen molar-refractivity contribution in [2.45, 2.75) is 69.9 Å². The number of hydrogen-bond acceptors (Lipinski definition) is 2. The molecule has 0 spiro atoms. The van der Waals surface area contributed by atoms with E-state index in [9.17, 15) is 0 Å². The third-order valence-corrected chi connectivity index (χ3v) is 5.18. The first-order chi connectivity index (χ1) is 8.42. The summed E-state index contributed by atoms with van der Waals surface area (Å²) in [5.74, 6) is 1.06. The van der Waals surface area contributed by atoms with Crippen LogP contribution in [0.4, 0.5) is 0 Å². The van der Waals surface area contributed by atoms with Crippen molar-refractivity contribution in [3.05, 3.63) is 0 Å². The van der Waals surface area contributed by atoms with Gasteiger partial charge in [0.05, 0.1) is 0 Å². The lowest BCUT2D eigenvalue weighted by Gasteiger charge is -2.27. The molecule has 3 aliphatic rings. The minimum absolute atomic E-state index is 0.846. The summed E-state index contributed by atoms with van der Waals surface area (Å²) in [6.45, 7) is 4.01. The highest BCUT2D eigenvalue weighted by Gasteiger charge is 2.36. The molecule has 1 N–H and O–H groups in total. The Kier molecular flexibility index (Phi) is 4.02. The van der Waals surface area contributed by atoms with Crippen LogP contribution in [0, 0.1) is 5.92 Å². The molecular formula is C15H28N2. The van der Waals surface area contributed by atoms with Gasteiger partial charge in [0, 0.05) is 18.6 Å². The smallest absolute Gasteiger partial charge is 0.00986 e. The summed E-state index contributed by atoms with van der Waals surface area (Å²) in [6.07, 6.45) is 13.1. The molecule has 2 aliphatic carbocycles. The first kappa shape index (κ1) is 12.0. The fourth-order valence-corrected chi connectivity index (χ4v) is 4.20. The number of fused-ring (bicyclic) bond motifs is 2. The van der Waals surface area contributed by atoms with Crippen molar-refractivity contribution in [1.82, 2.24) is 10.2 Å². The molecule has 98 valence electrons. The summed E-state index contributed by atoms with van der Waals surface area (Å²) in [4.78, 5) is 2.76. The number of hydrogen-bond donors (Lipinski definition) is 1. The Balaban J connectivity index is 1.28. The van der Waals surface area contributed by atoms with Gasteiger partial charge in [-0.25, -0.2) is 0 Å². The van der Waals surface area contributed by atoms with Crippen LogP contribution >= 0.6 is 0 Å². The molecule has 2 atom stereocenters. The standard InChI is InChI=1S/C15H28N2/c1-2-5-14(6-3-1)16-9-4-10-17-12-13-7-8-15(17)11-13/h13-16H,1-12H2. The predicted molar refractivity (Wildman–Crippen MR) is 72.2 cm³/mol. The van der Waals surface area contributed by atoms with Crippen LogP contribution in [0.3, 0.4) is 0 Å². The molecule has 0 aromatic carbocycles. The summed E-state index contributed by atoms with van der Waals surface area (Å²) in [7, 11) is 0. The lowest BCUT2D eigenvalue weighted by atomic mass is 9.95. The molecule has 1 aliphatic heterocycles. The normalized spacial score (nSPS) is 34.6. The van der Waals surface area contributed by atoms with Crippen LogP contribution in [-0.4, -0.2) is 36.6 Å². The van der Waals surface area contributed by atoms with Crippen molar-refractivity contribution in [3.63, 3.8) is 0 Å². The van der Waals surface area contributed by atoms with E-state index in [1.807, 2.05) is 0 Å². The molecule has 3 fully saturated rings. The van der Waals surface area contributed by atoms with E-state index in [4.69, 9.17) is 0 Å². The van der Waals surface area contributed by atoms with E-state index < -0.39 is 0 Å². The van der Waals surface area contributed by atoms with Crippen LogP contribution < -0.4 is 5.32 Å². The van der Waals surface area contributed by atoms with Gasteiger partial charge in [0.15, 0.2) is 0 Å². The van der Waals surface area contributed by atoms with Gasteiger partial charge in [-0.2, -0.15) is 0 Å². The van der Waals surface area contributed by atoms with Crippen LogP contribution in [0.25, 0.3) is 0 Å². The first-order valence-corrected chi connectivity index (χ1v) is 7.89. The highest BCUT2D eigenvalue weighted by Crippen LogP contribution is 2.37. The Morgan fingerprint density at radius 1 is 1.00 bits per heavy atom. The molecule has 1 saturated heterocycles. The lowest BCUT2D eigenvalue weighted by molar-refractivity contribution is 0.209. The molecule has 0 aromatic heterocycles. The molecule has 2 nitrogen and oxygen atoms in total. The Morgan fingerprint density at radius 2 is 1.88 bits per heavy atom. The van der Waals surface area contributed by atoms with E-state index >= 15 is 0 Å². The van der Waals surface area contributed by atoms with Gasteiger partial charge in [0.25, 0.3) is 0 Å². The second-order valence-electron chi connectivity index (χ2n) is 6.47. The zero-order valence-corrected chi connectivity index (χ0v) is 11.2. The lowest BCUT2D eigenvalue weighted by Crippen LogP contribution is -2.36. The summed E-state index contributed by atoms with van der Waals surface area (Å²) in [5.41, 5.74) is 0. The van der Waals surface area contributed by atoms with E-state index in [1.165, 1.54) is 77.4 Å². The van der Waals surface area contributed by atoms with Crippen LogP contribution in [0.1, 0.15) is 57.8 Å². The SMILES string of the molecule is C1CCC(NCCCN2CC3CCC2C3)CC1. The van der Waals surface area contributed by atoms with E-state index in [1.54, 1.807) is 0 Å². The van der Waals surface area contributed by atoms with Gasteiger partial charge in [-0.05, 0) is 57.5 Å². The fourth-order valence-electron chi connectivity index (χ4n) is 4.20. The molecule has 3 rings (SSSR count). The van der Waals surface area contributed by atoms with E-state index in [0.29, 0.717) is 0 Å². The number of likely N-dealkylation sites (tertiary alicyclic amines) is 1. The summed E-state index contributed by atoms with van der Waals surface area (Å²) >= 11 is 0. The maximum Gasteiger partial charge on any atom is 0.00986 e. The first-order valence-electron chi connectivity index (χ1n) is 7.89. The molecule has 1 heterocycles. The largest absolute Gasteiger partial charge is 0.314 e. The predicted octanol–water partition coefficient (Wildman–Crippen LogP) is 2.78. The minimum atomic E-state index is 0.846. The molecular weight excluding hydrogens is 208 g/mol. The van der Waals surface area contributed by atoms with Gasteiger partial charge in [-0.1, -0.05) is 19.3 Å². The molecule has 0 aromatic rings. The van der Waals surface area contributed by atoms with Gasteiger partial charge in [0.2, 0.25) is 0 Å². The summed E-state index contributed by atoms with van der Waals surface area (Å²) < 4.78 is 0. The Morgan fingerprint density at radius 3 is 2.59 bits per heavy atom. The van der Waals surface area contributed by atoms with Crippen molar-refractivity contribution in [3.8, 4) is 0 Å². The summed E-state index contributed by atoms with van der Waals surface area (Å²) in [5, 5.41) is 3.76. The Bertz CT molecular complexity index is 235. The molecule has 0 radical (unpaired) electrons.